The molecule has 118 valence electrons. The summed E-state index contributed by atoms with van der Waals surface area (Å²) in [6.45, 7) is 2.23. The molecule has 3 rings (SSSR count). The second kappa shape index (κ2) is 5.93. The molecular formula is C15H16ClF2N3O. The standard InChI is InChI=1S/C15H16ClF2N3O/c1-8(2)11-4-20-14(12-5-19-13(16)3-10(11)12)21-6-9(7-21)22-15(17)18/h3-5,8-9,15H,6-7H2,1-2H3. The van der Waals surface area contributed by atoms with Crippen LogP contribution in [0.2, 0.25) is 5.15 Å². The molecule has 22 heavy (non-hydrogen) atoms. The first-order valence-electron chi connectivity index (χ1n) is 7.08. The highest BCUT2D eigenvalue weighted by molar-refractivity contribution is 6.30. The highest BCUT2D eigenvalue weighted by Gasteiger charge is 2.32. The molecule has 7 heteroatoms. The van der Waals surface area contributed by atoms with Gasteiger partial charge in [-0.3, -0.25) is 0 Å². The second-order valence-electron chi connectivity index (χ2n) is 5.67. The van der Waals surface area contributed by atoms with Crippen molar-refractivity contribution in [2.45, 2.75) is 32.5 Å². The van der Waals surface area contributed by atoms with Crippen LogP contribution in [0.1, 0.15) is 25.3 Å². The summed E-state index contributed by atoms with van der Waals surface area (Å²) in [5.74, 6) is 1.03. The molecule has 0 N–H and O–H groups in total. The van der Waals surface area contributed by atoms with Gasteiger partial charge in [0.1, 0.15) is 11.0 Å². The molecule has 0 radical (unpaired) electrons. The van der Waals surface area contributed by atoms with Crippen LogP contribution in [0.25, 0.3) is 10.8 Å². The fourth-order valence-corrected chi connectivity index (χ4v) is 2.83. The molecule has 1 saturated heterocycles. The highest BCUT2D eigenvalue weighted by Crippen LogP contribution is 2.34. The third-order valence-corrected chi connectivity index (χ3v) is 4.02. The van der Waals surface area contributed by atoms with Crippen LogP contribution in [-0.4, -0.2) is 35.8 Å². The first-order valence-corrected chi connectivity index (χ1v) is 7.46. The summed E-state index contributed by atoms with van der Waals surface area (Å²) in [4.78, 5) is 10.5. The quantitative estimate of drug-likeness (QED) is 0.800. The number of hydrogen-bond donors (Lipinski definition) is 0. The molecule has 3 heterocycles. The summed E-state index contributed by atoms with van der Waals surface area (Å²) >= 11 is 6.01. The van der Waals surface area contributed by atoms with E-state index in [1.54, 1.807) is 6.20 Å². The zero-order valence-corrected chi connectivity index (χ0v) is 13.0. The van der Waals surface area contributed by atoms with E-state index in [-0.39, 0.29) is 0 Å². The third-order valence-electron chi connectivity index (χ3n) is 3.81. The van der Waals surface area contributed by atoms with Crippen LogP contribution in [-0.2, 0) is 4.74 Å². The highest BCUT2D eigenvalue weighted by atomic mass is 35.5. The summed E-state index contributed by atoms with van der Waals surface area (Å²) in [5.41, 5.74) is 1.09. The summed E-state index contributed by atoms with van der Waals surface area (Å²) in [6.07, 6.45) is 3.05. The van der Waals surface area contributed by atoms with Gasteiger partial charge in [0.25, 0.3) is 0 Å². The van der Waals surface area contributed by atoms with Gasteiger partial charge in [0.05, 0.1) is 6.10 Å². The Morgan fingerprint density at radius 1 is 1.23 bits per heavy atom. The molecule has 0 amide bonds. The van der Waals surface area contributed by atoms with Gasteiger partial charge in [-0.25, -0.2) is 9.97 Å². The van der Waals surface area contributed by atoms with Crippen molar-refractivity contribution in [2.24, 2.45) is 0 Å². The van der Waals surface area contributed by atoms with E-state index < -0.39 is 12.7 Å². The van der Waals surface area contributed by atoms with Crippen molar-refractivity contribution >= 4 is 28.2 Å². The van der Waals surface area contributed by atoms with E-state index in [4.69, 9.17) is 11.6 Å². The molecular weight excluding hydrogens is 312 g/mol. The third kappa shape index (κ3) is 2.85. The van der Waals surface area contributed by atoms with Gasteiger partial charge in [-0.05, 0) is 22.9 Å². The molecule has 0 bridgehead atoms. The van der Waals surface area contributed by atoms with E-state index in [1.165, 1.54) is 0 Å². The fourth-order valence-electron chi connectivity index (χ4n) is 2.67. The summed E-state index contributed by atoms with van der Waals surface area (Å²) in [6, 6.07) is 1.82. The van der Waals surface area contributed by atoms with E-state index in [9.17, 15) is 8.78 Å². The molecule has 0 aliphatic carbocycles. The number of nitrogens with zero attached hydrogens (tertiary/aromatic N) is 3. The lowest BCUT2D eigenvalue weighted by molar-refractivity contribution is -0.167. The van der Waals surface area contributed by atoms with Gasteiger partial charge >= 0.3 is 6.61 Å². The van der Waals surface area contributed by atoms with Gasteiger partial charge in [-0.1, -0.05) is 25.4 Å². The Hall–Kier alpha value is -1.53. The first kappa shape index (κ1) is 15.4. The number of rotatable bonds is 4. The predicted molar refractivity (Wildman–Crippen MR) is 81.7 cm³/mol. The van der Waals surface area contributed by atoms with Crippen LogP contribution >= 0.6 is 11.6 Å². The maximum atomic E-state index is 12.2. The lowest BCUT2D eigenvalue weighted by Crippen LogP contribution is -2.53. The second-order valence-corrected chi connectivity index (χ2v) is 6.06. The minimum atomic E-state index is -2.74. The maximum absolute atomic E-state index is 12.2. The number of pyridine rings is 2. The van der Waals surface area contributed by atoms with E-state index >= 15 is 0 Å². The van der Waals surface area contributed by atoms with Crippen molar-refractivity contribution in [2.75, 3.05) is 18.0 Å². The predicted octanol–water partition coefficient (Wildman–Crippen LogP) is 3.83. The Bertz CT molecular complexity index is 690. The average Bonchev–Trinajstić information content (AvgIpc) is 2.40. The Kier molecular flexibility index (Phi) is 4.14. The van der Waals surface area contributed by atoms with Gasteiger partial charge in [0.15, 0.2) is 0 Å². The van der Waals surface area contributed by atoms with Crippen molar-refractivity contribution in [3.05, 3.63) is 29.2 Å². The number of aromatic nitrogens is 2. The van der Waals surface area contributed by atoms with Gasteiger partial charge < -0.3 is 9.64 Å². The molecule has 4 nitrogen and oxygen atoms in total. The van der Waals surface area contributed by atoms with Crippen molar-refractivity contribution in [1.29, 1.82) is 0 Å². The van der Waals surface area contributed by atoms with Crippen LogP contribution in [0.3, 0.4) is 0 Å². The zero-order chi connectivity index (χ0) is 15.9. The molecule has 0 unspecified atom stereocenters. The number of alkyl halides is 2. The lowest BCUT2D eigenvalue weighted by Gasteiger charge is -2.40. The normalized spacial score (nSPS) is 15.9. The van der Waals surface area contributed by atoms with Crippen molar-refractivity contribution in [3.63, 3.8) is 0 Å². The Morgan fingerprint density at radius 2 is 1.95 bits per heavy atom. The van der Waals surface area contributed by atoms with Gasteiger partial charge in [0, 0.05) is 30.9 Å². The van der Waals surface area contributed by atoms with Crippen LogP contribution in [0.5, 0.6) is 0 Å². The largest absolute Gasteiger partial charge is 0.351 e. The van der Waals surface area contributed by atoms with E-state index in [1.807, 2.05) is 17.2 Å². The minimum Gasteiger partial charge on any atom is -0.351 e. The van der Waals surface area contributed by atoms with Crippen molar-refractivity contribution in [3.8, 4) is 0 Å². The molecule has 2 aromatic heterocycles. The van der Waals surface area contributed by atoms with Crippen LogP contribution in [0, 0.1) is 0 Å². The topological polar surface area (TPSA) is 38.2 Å². The summed E-state index contributed by atoms with van der Waals surface area (Å²) in [7, 11) is 0. The monoisotopic (exact) mass is 327 g/mol. The molecule has 0 spiro atoms. The fraction of sp³-hybridized carbons (Fsp3) is 0.467. The van der Waals surface area contributed by atoms with Crippen molar-refractivity contribution in [1.82, 2.24) is 9.97 Å². The average molecular weight is 328 g/mol. The van der Waals surface area contributed by atoms with Gasteiger partial charge in [-0.15, -0.1) is 0 Å². The molecule has 1 aliphatic rings. The van der Waals surface area contributed by atoms with Crippen LogP contribution in [0.4, 0.5) is 14.6 Å². The maximum Gasteiger partial charge on any atom is 0.345 e. The minimum absolute atomic E-state index is 0.300. The molecule has 0 aromatic carbocycles. The Morgan fingerprint density at radius 3 is 2.59 bits per heavy atom. The smallest absolute Gasteiger partial charge is 0.345 e. The van der Waals surface area contributed by atoms with Crippen LogP contribution < -0.4 is 4.90 Å². The Balaban J connectivity index is 1.94. The number of ether oxygens (including phenoxy) is 1. The summed E-state index contributed by atoms with van der Waals surface area (Å²) in [5, 5.41) is 2.30. The van der Waals surface area contributed by atoms with E-state index in [0.717, 1.165) is 22.2 Å². The first-order chi connectivity index (χ1) is 10.5. The van der Waals surface area contributed by atoms with Gasteiger partial charge in [-0.2, -0.15) is 8.78 Å². The van der Waals surface area contributed by atoms with Gasteiger partial charge in [0.2, 0.25) is 0 Å². The molecule has 2 aromatic rings. The number of anilines is 1. The van der Waals surface area contributed by atoms with E-state index in [2.05, 4.69) is 28.6 Å². The van der Waals surface area contributed by atoms with Crippen LogP contribution in [0.15, 0.2) is 18.5 Å². The molecule has 1 fully saturated rings. The van der Waals surface area contributed by atoms with Crippen molar-refractivity contribution < 1.29 is 13.5 Å². The SMILES string of the molecule is CC(C)c1cnc(N2CC(OC(F)F)C2)c2cnc(Cl)cc12. The Labute approximate surface area is 132 Å². The molecule has 0 atom stereocenters. The number of fused-ring (bicyclic) bond motifs is 1. The summed E-state index contributed by atoms with van der Waals surface area (Å²) < 4.78 is 28.9. The zero-order valence-electron chi connectivity index (χ0n) is 12.3. The molecule has 0 saturated carbocycles. The number of hydrogen-bond acceptors (Lipinski definition) is 4. The van der Waals surface area contributed by atoms with E-state index in [0.29, 0.717) is 24.2 Å². The molecule has 1 aliphatic heterocycles. The lowest BCUT2D eigenvalue weighted by atomic mass is 9.99. The number of halogens is 3.